The standard InChI is InChI=1S/C21H23FN2O3.ClH/c1-2-26-16-4-6-19-14(10-16)9-15(12-27-19)21(25)24-18-5-3-13-11-23-8-7-17(13)20(18)22;/h3-6,10,15,23H,2,7-9,11-12H2,1H3,(H,24,25);1H. The van der Waals surface area contributed by atoms with E-state index in [-0.39, 0.29) is 42.3 Å². The van der Waals surface area contributed by atoms with Crippen LogP contribution in [0.2, 0.25) is 0 Å². The van der Waals surface area contributed by atoms with Gasteiger partial charge in [-0.15, -0.1) is 12.4 Å². The summed E-state index contributed by atoms with van der Waals surface area (Å²) in [5, 5.41) is 5.98. The zero-order chi connectivity index (χ0) is 18.8. The molecule has 0 aromatic heterocycles. The van der Waals surface area contributed by atoms with Gasteiger partial charge in [0, 0.05) is 6.54 Å². The van der Waals surface area contributed by atoms with Crippen molar-refractivity contribution in [3.63, 3.8) is 0 Å². The topological polar surface area (TPSA) is 59.6 Å². The molecular weight excluding hydrogens is 383 g/mol. The lowest BCUT2D eigenvalue weighted by molar-refractivity contribution is -0.121. The van der Waals surface area contributed by atoms with E-state index in [9.17, 15) is 9.18 Å². The second kappa shape index (κ2) is 8.80. The summed E-state index contributed by atoms with van der Waals surface area (Å²) in [6, 6.07) is 9.15. The third-order valence-electron chi connectivity index (χ3n) is 5.09. The van der Waals surface area contributed by atoms with Crippen molar-refractivity contribution in [1.82, 2.24) is 5.32 Å². The van der Waals surface area contributed by atoms with Crippen LogP contribution in [0.4, 0.5) is 10.1 Å². The molecular formula is C21H24ClFN2O3. The summed E-state index contributed by atoms with van der Waals surface area (Å²) in [6.45, 7) is 4.20. The predicted octanol–water partition coefficient (Wildman–Crippen LogP) is 3.48. The van der Waals surface area contributed by atoms with Crippen molar-refractivity contribution in [2.24, 2.45) is 5.92 Å². The van der Waals surface area contributed by atoms with Crippen molar-refractivity contribution in [3.8, 4) is 11.5 Å². The predicted molar refractivity (Wildman–Crippen MR) is 108 cm³/mol. The SMILES string of the molecule is CCOc1ccc2c(c1)CC(C(=O)Nc1ccc3c(c1F)CCNC3)CO2.Cl. The van der Waals surface area contributed by atoms with Gasteiger partial charge in [-0.25, -0.2) is 4.39 Å². The normalized spacial score (nSPS) is 17.4. The molecule has 1 amide bonds. The number of benzene rings is 2. The van der Waals surface area contributed by atoms with Gasteiger partial charge in [0.1, 0.15) is 23.9 Å². The van der Waals surface area contributed by atoms with Gasteiger partial charge >= 0.3 is 0 Å². The second-order valence-electron chi connectivity index (χ2n) is 6.90. The molecule has 0 bridgehead atoms. The number of carbonyl (C=O) groups is 1. The van der Waals surface area contributed by atoms with E-state index in [0.29, 0.717) is 31.6 Å². The number of amides is 1. The molecule has 0 radical (unpaired) electrons. The van der Waals surface area contributed by atoms with Gasteiger partial charge in [-0.05, 0) is 67.3 Å². The van der Waals surface area contributed by atoms with Crippen LogP contribution in [0.5, 0.6) is 11.5 Å². The average Bonchev–Trinajstić information content (AvgIpc) is 2.70. The van der Waals surface area contributed by atoms with Crippen molar-refractivity contribution in [1.29, 1.82) is 0 Å². The zero-order valence-electron chi connectivity index (χ0n) is 15.7. The number of hydrogen-bond donors (Lipinski definition) is 2. The van der Waals surface area contributed by atoms with Crippen LogP contribution < -0.4 is 20.1 Å². The Balaban J connectivity index is 0.00000225. The first-order valence-corrected chi connectivity index (χ1v) is 9.36. The maximum atomic E-state index is 14.8. The molecule has 2 aliphatic rings. The molecule has 150 valence electrons. The van der Waals surface area contributed by atoms with Crippen LogP contribution in [0.25, 0.3) is 0 Å². The molecule has 7 heteroatoms. The average molecular weight is 407 g/mol. The lowest BCUT2D eigenvalue weighted by Gasteiger charge is -2.25. The maximum Gasteiger partial charge on any atom is 0.231 e. The molecule has 0 aliphatic carbocycles. The van der Waals surface area contributed by atoms with Gasteiger partial charge in [-0.1, -0.05) is 6.07 Å². The molecule has 4 rings (SSSR count). The fourth-order valence-electron chi connectivity index (χ4n) is 3.66. The van der Waals surface area contributed by atoms with Crippen LogP contribution >= 0.6 is 12.4 Å². The van der Waals surface area contributed by atoms with E-state index >= 15 is 0 Å². The highest BCUT2D eigenvalue weighted by Gasteiger charge is 2.27. The summed E-state index contributed by atoms with van der Waals surface area (Å²) in [4.78, 5) is 12.7. The van der Waals surface area contributed by atoms with Gasteiger partial charge < -0.3 is 20.1 Å². The molecule has 2 aromatic rings. The number of nitrogens with one attached hydrogen (secondary N) is 2. The first-order chi connectivity index (χ1) is 13.2. The number of halogens is 2. The first kappa shape index (κ1) is 20.4. The van der Waals surface area contributed by atoms with Gasteiger partial charge in [0.2, 0.25) is 5.91 Å². The lowest BCUT2D eigenvalue weighted by Crippen LogP contribution is -2.33. The Hall–Kier alpha value is -2.31. The number of carbonyl (C=O) groups excluding carboxylic acids is 1. The van der Waals surface area contributed by atoms with E-state index in [0.717, 1.165) is 29.2 Å². The van der Waals surface area contributed by atoms with Gasteiger partial charge in [0.15, 0.2) is 0 Å². The van der Waals surface area contributed by atoms with Crippen molar-refractivity contribution < 1.29 is 18.7 Å². The van der Waals surface area contributed by atoms with Gasteiger partial charge in [-0.2, -0.15) is 0 Å². The van der Waals surface area contributed by atoms with Crippen LogP contribution in [0, 0.1) is 11.7 Å². The van der Waals surface area contributed by atoms with E-state index < -0.39 is 0 Å². The second-order valence-corrected chi connectivity index (χ2v) is 6.90. The van der Waals surface area contributed by atoms with Gasteiger partial charge in [0.25, 0.3) is 0 Å². The van der Waals surface area contributed by atoms with Crippen molar-refractivity contribution in [3.05, 3.63) is 52.8 Å². The quantitative estimate of drug-likeness (QED) is 0.816. The van der Waals surface area contributed by atoms with E-state index in [1.54, 1.807) is 6.07 Å². The summed E-state index contributed by atoms with van der Waals surface area (Å²) >= 11 is 0. The Kier molecular flexibility index (Phi) is 6.42. The highest BCUT2D eigenvalue weighted by atomic mass is 35.5. The molecule has 0 saturated carbocycles. The smallest absolute Gasteiger partial charge is 0.231 e. The Labute approximate surface area is 170 Å². The summed E-state index contributed by atoms with van der Waals surface area (Å²) in [7, 11) is 0. The molecule has 0 saturated heterocycles. The summed E-state index contributed by atoms with van der Waals surface area (Å²) in [5.41, 5.74) is 2.83. The van der Waals surface area contributed by atoms with E-state index in [4.69, 9.17) is 9.47 Å². The van der Waals surface area contributed by atoms with Crippen LogP contribution in [-0.2, 0) is 24.2 Å². The number of ether oxygens (including phenoxy) is 2. The van der Waals surface area contributed by atoms with Crippen LogP contribution in [-0.4, -0.2) is 25.7 Å². The molecule has 2 aromatic carbocycles. The summed E-state index contributed by atoms with van der Waals surface area (Å²) in [6.07, 6.45) is 1.17. The molecule has 2 heterocycles. The minimum absolute atomic E-state index is 0. The minimum atomic E-state index is -0.369. The molecule has 0 fully saturated rings. The zero-order valence-corrected chi connectivity index (χ0v) is 16.5. The number of hydrogen-bond acceptors (Lipinski definition) is 4. The maximum absolute atomic E-state index is 14.8. The Morgan fingerprint density at radius 2 is 2.18 bits per heavy atom. The van der Waals surface area contributed by atoms with Crippen molar-refractivity contribution >= 4 is 24.0 Å². The number of anilines is 1. The molecule has 0 spiro atoms. The van der Waals surface area contributed by atoms with E-state index in [1.165, 1.54) is 0 Å². The third-order valence-corrected chi connectivity index (χ3v) is 5.09. The third kappa shape index (κ3) is 4.08. The summed E-state index contributed by atoms with van der Waals surface area (Å²) in [5.74, 6) is 0.616. The fourth-order valence-corrected chi connectivity index (χ4v) is 3.66. The van der Waals surface area contributed by atoms with Crippen LogP contribution in [0.3, 0.4) is 0 Å². The Bertz CT molecular complexity index is 875. The van der Waals surface area contributed by atoms with Crippen molar-refractivity contribution in [2.75, 3.05) is 25.1 Å². The number of fused-ring (bicyclic) bond motifs is 2. The molecule has 1 unspecified atom stereocenters. The minimum Gasteiger partial charge on any atom is -0.494 e. The van der Waals surface area contributed by atoms with Gasteiger partial charge in [0.05, 0.1) is 18.2 Å². The molecule has 28 heavy (non-hydrogen) atoms. The fraction of sp³-hybridized carbons (Fsp3) is 0.381. The lowest BCUT2D eigenvalue weighted by atomic mass is 9.95. The molecule has 5 nitrogen and oxygen atoms in total. The largest absolute Gasteiger partial charge is 0.494 e. The van der Waals surface area contributed by atoms with Crippen LogP contribution in [0.15, 0.2) is 30.3 Å². The summed E-state index contributed by atoms with van der Waals surface area (Å²) < 4.78 is 26.0. The monoisotopic (exact) mass is 406 g/mol. The molecule has 2 N–H and O–H groups in total. The van der Waals surface area contributed by atoms with Gasteiger partial charge in [-0.3, -0.25) is 4.79 Å². The Morgan fingerprint density at radius 1 is 1.32 bits per heavy atom. The Morgan fingerprint density at radius 3 is 3.00 bits per heavy atom. The molecule has 1 atom stereocenters. The van der Waals surface area contributed by atoms with Crippen LogP contribution in [0.1, 0.15) is 23.6 Å². The first-order valence-electron chi connectivity index (χ1n) is 9.36. The van der Waals surface area contributed by atoms with E-state index in [1.807, 2.05) is 31.2 Å². The number of rotatable bonds is 4. The molecule has 2 aliphatic heterocycles. The van der Waals surface area contributed by atoms with Crippen molar-refractivity contribution in [2.45, 2.75) is 26.3 Å². The highest BCUT2D eigenvalue weighted by molar-refractivity contribution is 5.93. The van der Waals surface area contributed by atoms with E-state index in [2.05, 4.69) is 10.6 Å². The highest BCUT2D eigenvalue weighted by Crippen LogP contribution is 2.32.